The normalized spacial score (nSPS) is 13.0. The average Bonchev–Trinajstić information content (AvgIpc) is 4.01. The van der Waals surface area contributed by atoms with Crippen molar-refractivity contribution in [2.75, 3.05) is 0 Å². The number of para-hydroxylation sites is 5. The highest BCUT2D eigenvalue weighted by Crippen LogP contribution is 2.38. The summed E-state index contributed by atoms with van der Waals surface area (Å²) in [5, 5.41) is 11.2. The second-order valence-electron chi connectivity index (χ2n) is 15.4. The van der Waals surface area contributed by atoms with Gasteiger partial charge in [0, 0.05) is 48.6 Å². The van der Waals surface area contributed by atoms with E-state index in [0.717, 1.165) is 46.7 Å². The molecule has 1 aliphatic rings. The number of hydrogen-bond acceptors (Lipinski definition) is 1. The molecule has 0 spiro atoms. The fourth-order valence-electron chi connectivity index (χ4n) is 10.0. The minimum atomic E-state index is 0.905. The molecule has 0 aliphatic heterocycles. The van der Waals surface area contributed by atoms with Crippen molar-refractivity contribution >= 4 is 88.5 Å². The van der Waals surface area contributed by atoms with Crippen molar-refractivity contribution in [1.29, 1.82) is 0 Å². The van der Waals surface area contributed by atoms with Gasteiger partial charge in [-0.1, -0.05) is 115 Å². The maximum absolute atomic E-state index is 5.47. The molecule has 0 amide bonds. The predicted molar refractivity (Wildman–Crippen MR) is 242 cm³/mol. The zero-order chi connectivity index (χ0) is 37.9. The summed E-state index contributed by atoms with van der Waals surface area (Å²) in [6, 6.07) is 63.8. The van der Waals surface area contributed by atoms with Gasteiger partial charge in [0.25, 0.3) is 0 Å². The summed E-state index contributed by atoms with van der Waals surface area (Å²) >= 11 is 0. The van der Waals surface area contributed by atoms with Gasteiger partial charge in [-0.15, -0.1) is 0 Å². The molecule has 0 saturated heterocycles. The Morgan fingerprint density at radius 2 is 0.810 bits per heavy atom. The lowest BCUT2D eigenvalue weighted by Crippen LogP contribution is -2.30. The lowest BCUT2D eigenvalue weighted by Gasteiger charge is -2.13. The molecule has 5 aromatic heterocycles. The largest absolute Gasteiger partial charge is 0.309 e. The Morgan fingerprint density at radius 1 is 0.345 bits per heavy atom. The van der Waals surface area contributed by atoms with Crippen LogP contribution in [0, 0.1) is 0 Å². The van der Waals surface area contributed by atoms with Crippen LogP contribution in [0.15, 0.2) is 176 Å². The van der Waals surface area contributed by atoms with E-state index < -0.39 is 0 Å². The van der Waals surface area contributed by atoms with Crippen LogP contribution in [0.1, 0.15) is 12.8 Å². The highest BCUT2D eigenvalue weighted by atomic mass is 15.1. The summed E-state index contributed by atoms with van der Waals surface area (Å²) in [5.74, 6) is 1.82. The van der Waals surface area contributed by atoms with Crippen molar-refractivity contribution in [3.63, 3.8) is 0 Å². The predicted octanol–water partition coefficient (Wildman–Crippen LogP) is 11.7. The van der Waals surface area contributed by atoms with Crippen molar-refractivity contribution in [2.24, 2.45) is 0 Å². The third kappa shape index (κ3) is 4.27. The van der Waals surface area contributed by atoms with E-state index in [1.165, 1.54) is 76.0 Å². The molecular formula is C53H35N5. The van der Waals surface area contributed by atoms with Crippen LogP contribution < -0.4 is 10.6 Å². The smallest absolute Gasteiger partial charge is 0.140 e. The van der Waals surface area contributed by atoms with Crippen LogP contribution >= 0.6 is 0 Å². The van der Waals surface area contributed by atoms with Crippen molar-refractivity contribution in [3.8, 4) is 23.0 Å². The Balaban J connectivity index is 1.05. The summed E-state index contributed by atoms with van der Waals surface area (Å²) in [6.45, 7) is 0. The highest BCUT2D eigenvalue weighted by Gasteiger charge is 2.21. The van der Waals surface area contributed by atoms with Gasteiger partial charge < -0.3 is 9.13 Å². The highest BCUT2D eigenvalue weighted by molar-refractivity contribution is 6.13. The van der Waals surface area contributed by atoms with Crippen LogP contribution in [0.2, 0.25) is 0 Å². The molecule has 13 rings (SSSR count). The van der Waals surface area contributed by atoms with Gasteiger partial charge in [-0.05, 0) is 85.6 Å². The molecule has 58 heavy (non-hydrogen) atoms. The van der Waals surface area contributed by atoms with Gasteiger partial charge in [0.15, 0.2) is 0 Å². The molecule has 0 bridgehead atoms. The SMILES string of the molecule is C1=c2c(n(-c3cccc(-n4c5ccccc5c5ccccc54)n3)c3cccc(-n4c5ccccc5c5cc(-n6c7ccccc7c7ccccc76)ccc54)c23)=CCC1. The molecule has 7 aromatic carbocycles. The van der Waals surface area contributed by atoms with Crippen molar-refractivity contribution < 1.29 is 0 Å². The minimum absolute atomic E-state index is 0.905. The lowest BCUT2D eigenvalue weighted by atomic mass is 10.1. The van der Waals surface area contributed by atoms with Crippen LogP contribution in [0.3, 0.4) is 0 Å². The second kappa shape index (κ2) is 11.9. The first-order valence-electron chi connectivity index (χ1n) is 20.1. The van der Waals surface area contributed by atoms with Gasteiger partial charge >= 0.3 is 0 Å². The molecule has 0 atom stereocenters. The number of hydrogen-bond donors (Lipinski definition) is 0. The Bertz CT molecular complexity index is 3710. The quantitative estimate of drug-likeness (QED) is 0.177. The van der Waals surface area contributed by atoms with Crippen molar-refractivity contribution in [1.82, 2.24) is 23.3 Å². The van der Waals surface area contributed by atoms with Crippen LogP contribution in [0.25, 0.3) is 111 Å². The first-order valence-corrected chi connectivity index (χ1v) is 20.1. The molecule has 5 nitrogen and oxygen atoms in total. The second-order valence-corrected chi connectivity index (χ2v) is 15.4. The monoisotopic (exact) mass is 741 g/mol. The van der Waals surface area contributed by atoms with E-state index in [2.05, 4.69) is 206 Å². The topological polar surface area (TPSA) is 32.6 Å². The van der Waals surface area contributed by atoms with E-state index in [1.54, 1.807) is 0 Å². The first-order chi connectivity index (χ1) is 28.8. The minimum Gasteiger partial charge on any atom is -0.309 e. The van der Waals surface area contributed by atoms with E-state index in [9.17, 15) is 0 Å². The van der Waals surface area contributed by atoms with E-state index in [0.29, 0.717) is 0 Å². The number of nitrogens with zero attached hydrogens (tertiary/aromatic N) is 5. The molecule has 0 radical (unpaired) electrons. The van der Waals surface area contributed by atoms with Crippen LogP contribution in [-0.2, 0) is 0 Å². The molecule has 272 valence electrons. The van der Waals surface area contributed by atoms with E-state index in [1.807, 2.05) is 0 Å². The summed E-state index contributed by atoms with van der Waals surface area (Å²) in [5.41, 5.74) is 10.6. The third-order valence-corrected chi connectivity index (χ3v) is 12.4. The standard InChI is InChI=1S/C53H35N5/c1-7-21-42-35(15-1)36-16-2-8-22-43(36)55(42)34-31-32-48-41(33-34)39-19-5-9-23-44(39)56(48)49-27-13-28-50-53(49)40-20-6-12-26-47(40)58(50)52-30-14-29-51(54-52)57-45-24-10-3-17-37(45)38-18-4-11-25-46(38)57/h1-5,7-11,13-33H,6,12H2. The summed E-state index contributed by atoms with van der Waals surface area (Å²) < 4.78 is 9.59. The van der Waals surface area contributed by atoms with Crippen LogP contribution in [0.4, 0.5) is 0 Å². The number of benzene rings is 7. The molecule has 12 aromatic rings. The summed E-state index contributed by atoms with van der Waals surface area (Å²) in [7, 11) is 0. The molecule has 5 heterocycles. The van der Waals surface area contributed by atoms with Crippen LogP contribution in [0.5, 0.6) is 0 Å². The van der Waals surface area contributed by atoms with Crippen molar-refractivity contribution in [2.45, 2.75) is 12.8 Å². The van der Waals surface area contributed by atoms with E-state index in [4.69, 9.17) is 4.98 Å². The van der Waals surface area contributed by atoms with Gasteiger partial charge in [-0.3, -0.25) is 9.13 Å². The van der Waals surface area contributed by atoms with Gasteiger partial charge in [0.1, 0.15) is 11.6 Å². The van der Waals surface area contributed by atoms with E-state index >= 15 is 0 Å². The number of aromatic nitrogens is 5. The molecule has 5 heteroatoms. The zero-order valence-electron chi connectivity index (χ0n) is 31.5. The van der Waals surface area contributed by atoms with E-state index in [-0.39, 0.29) is 0 Å². The fraction of sp³-hybridized carbons (Fsp3) is 0.0377. The van der Waals surface area contributed by atoms with Gasteiger partial charge in [0.2, 0.25) is 0 Å². The number of fused-ring (bicyclic) bond motifs is 12. The Morgan fingerprint density at radius 3 is 1.43 bits per heavy atom. The maximum atomic E-state index is 5.47. The first kappa shape index (κ1) is 31.6. The average molecular weight is 742 g/mol. The van der Waals surface area contributed by atoms with Crippen molar-refractivity contribution in [3.05, 3.63) is 186 Å². The zero-order valence-corrected chi connectivity index (χ0v) is 31.5. The number of rotatable bonds is 4. The summed E-state index contributed by atoms with van der Waals surface area (Å²) in [6.07, 6.45) is 6.83. The maximum Gasteiger partial charge on any atom is 0.140 e. The molecule has 0 unspecified atom stereocenters. The fourth-order valence-corrected chi connectivity index (χ4v) is 10.0. The lowest BCUT2D eigenvalue weighted by molar-refractivity contribution is 0.956. The molecule has 0 fully saturated rings. The molecular weight excluding hydrogens is 707 g/mol. The Labute approximate surface area is 332 Å². The molecule has 1 aliphatic carbocycles. The van der Waals surface area contributed by atoms with Gasteiger partial charge in [-0.2, -0.15) is 0 Å². The summed E-state index contributed by atoms with van der Waals surface area (Å²) in [4.78, 5) is 5.47. The van der Waals surface area contributed by atoms with Gasteiger partial charge in [-0.25, -0.2) is 4.98 Å². The number of pyridine rings is 1. The van der Waals surface area contributed by atoms with Gasteiger partial charge in [0.05, 0.1) is 49.7 Å². The molecule has 0 saturated carbocycles. The molecule has 0 N–H and O–H groups in total. The third-order valence-electron chi connectivity index (χ3n) is 12.4. The Kier molecular flexibility index (Phi) is 6.50. The Hall–Kier alpha value is -7.63. The van der Waals surface area contributed by atoms with Crippen LogP contribution in [-0.4, -0.2) is 23.3 Å².